The molecule has 0 spiro atoms. The van der Waals surface area contributed by atoms with Gasteiger partial charge in [0.2, 0.25) is 5.91 Å². The van der Waals surface area contributed by atoms with E-state index in [2.05, 4.69) is 26.8 Å². The van der Waals surface area contributed by atoms with Crippen LogP contribution in [0.1, 0.15) is 23.3 Å². The summed E-state index contributed by atoms with van der Waals surface area (Å²) < 4.78 is 2.51. The topological polar surface area (TPSA) is 63.1 Å². The van der Waals surface area contributed by atoms with Crippen molar-refractivity contribution in [2.24, 2.45) is 13.0 Å². The van der Waals surface area contributed by atoms with Crippen molar-refractivity contribution in [1.82, 2.24) is 15.4 Å². The third-order valence-corrected chi connectivity index (χ3v) is 2.89. The van der Waals surface area contributed by atoms with E-state index in [-0.39, 0.29) is 17.7 Å². The minimum absolute atomic E-state index is 0.0837. The number of amides is 2. The van der Waals surface area contributed by atoms with E-state index >= 15 is 0 Å². The highest BCUT2D eigenvalue weighted by molar-refractivity contribution is 9.10. The van der Waals surface area contributed by atoms with Gasteiger partial charge in [-0.2, -0.15) is 0 Å². The van der Waals surface area contributed by atoms with Gasteiger partial charge in [0.15, 0.2) is 0 Å². The van der Waals surface area contributed by atoms with Gasteiger partial charge in [0.25, 0.3) is 5.91 Å². The van der Waals surface area contributed by atoms with Gasteiger partial charge in [0.1, 0.15) is 5.69 Å². The molecule has 0 atom stereocenters. The second-order valence-corrected chi connectivity index (χ2v) is 4.79. The van der Waals surface area contributed by atoms with Crippen LogP contribution < -0.4 is 10.9 Å². The van der Waals surface area contributed by atoms with Gasteiger partial charge in [-0.15, -0.1) is 0 Å². The number of hydrogen-bond donors (Lipinski definition) is 2. The van der Waals surface area contributed by atoms with Crippen LogP contribution in [0.4, 0.5) is 0 Å². The molecular formula is C10H12BrN3O2. The lowest BCUT2D eigenvalue weighted by atomic mass is 10.4. The van der Waals surface area contributed by atoms with Crippen LogP contribution in [0.2, 0.25) is 0 Å². The van der Waals surface area contributed by atoms with Crippen molar-refractivity contribution >= 4 is 27.7 Å². The minimum Gasteiger partial charge on any atom is -0.345 e. The van der Waals surface area contributed by atoms with E-state index in [4.69, 9.17) is 0 Å². The van der Waals surface area contributed by atoms with Crippen LogP contribution in [0.25, 0.3) is 0 Å². The van der Waals surface area contributed by atoms with E-state index < -0.39 is 0 Å². The van der Waals surface area contributed by atoms with Gasteiger partial charge < -0.3 is 4.57 Å². The van der Waals surface area contributed by atoms with Crippen molar-refractivity contribution in [3.05, 3.63) is 22.4 Å². The maximum absolute atomic E-state index is 11.7. The summed E-state index contributed by atoms with van der Waals surface area (Å²) in [5.74, 6) is -0.343. The van der Waals surface area contributed by atoms with Crippen molar-refractivity contribution in [3.63, 3.8) is 0 Å². The Morgan fingerprint density at radius 1 is 1.44 bits per heavy atom. The third kappa shape index (κ3) is 2.44. The van der Waals surface area contributed by atoms with Crippen molar-refractivity contribution in [3.8, 4) is 0 Å². The zero-order valence-electron chi connectivity index (χ0n) is 8.79. The molecule has 16 heavy (non-hydrogen) atoms. The van der Waals surface area contributed by atoms with Crippen molar-refractivity contribution in [2.45, 2.75) is 12.8 Å². The summed E-state index contributed by atoms with van der Waals surface area (Å²) in [6.45, 7) is 0. The highest BCUT2D eigenvalue weighted by Crippen LogP contribution is 2.28. The molecule has 0 bridgehead atoms. The lowest BCUT2D eigenvalue weighted by Crippen LogP contribution is -2.42. The van der Waals surface area contributed by atoms with Gasteiger partial charge in [0.05, 0.1) is 0 Å². The van der Waals surface area contributed by atoms with Crippen molar-refractivity contribution < 1.29 is 9.59 Å². The molecule has 5 nitrogen and oxygen atoms in total. The zero-order valence-corrected chi connectivity index (χ0v) is 10.4. The number of nitrogens with zero attached hydrogens (tertiary/aromatic N) is 1. The summed E-state index contributed by atoms with van der Waals surface area (Å²) in [4.78, 5) is 22.9. The number of aromatic nitrogens is 1. The molecule has 86 valence electrons. The molecule has 2 N–H and O–H groups in total. The first-order chi connectivity index (χ1) is 7.58. The maximum Gasteiger partial charge on any atom is 0.286 e. The first-order valence-corrected chi connectivity index (χ1v) is 5.79. The second-order valence-electron chi connectivity index (χ2n) is 3.87. The molecule has 1 aromatic rings. The summed E-state index contributed by atoms with van der Waals surface area (Å²) in [7, 11) is 1.77. The quantitative estimate of drug-likeness (QED) is 0.795. The molecular weight excluding hydrogens is 274 g/mol. The van der Waals surface area contributed by atoms with Crippen LogP contribution in [0.3, 0.4) is 0 Å². The Labute approximate surface area is 101 Å². The average Bonchev–Trinajstić information content (AvgIpc) is 3.01. The van der Waals surface area contributed by atoms with Gasteiger partial charge in [-0.1, -0.05) is 0 Å². The molecule has 1 saturated carbocycles. The molecule has 6 heteroatoms. The monoisotopic (exact) mass is 285 g/mol. The molecule has 1 aromatic heterocycles. The van der Waals surface area contributed by atoms with E-state index in [0.717, 1.165) is 17.3 Å². The van der Waals surface area contributed by atoms with Crippen LogP contribution in [0.15, 0.2) is 16.7 Å². The van der Waals surface area contributed by atoms with Crippen LogP contribution >= 0.6 is 15.9 Å². The molecule has 1 aliphatic carbocycles. The summed E-state index contributed by atoms with van der Waals surface area (Å²) in [6, 6.07) is 1.69. The predicted molar refractivity (Wildman–Crippen MR) is 61.4 cm³/mol. The Balaban J connectivity index is 1.92. The van der Waals surface area contributed by atoms with Gasteiger partial charge in [-0.3, -0.25) is 20.4 Å². The fraction of sp³-hybridized carbons (Fsp3) is 0.400. The number of rotatable bonds is 2. The molecule has 1 heterocycles. The smallest absolute Gasteiger partial charge is 0.286 e. The number of hydrazine groups is 1. The highest BCUT2D eigenvalue weighted by Gasteiger charge is 2.29. The number of halogens is 1. The van der Waals surface area contributed by atoms with Crippen LogP contribution in [0.5, 0.6) is 0 Å². The normalized spacial score (nSPS) is 14.6. The Hall–Kier alpha value is -1.30. The summed E-state index contributed by atoms with van der Waals surface area (Å²) in [6.07, 6.45) is 3.60. The minimum atomic E-state index is -0.317. The Morgan fingerprint density at radius 3 is 2.62 bits per heavy atom. The van der Waals surface area contributed by atoms with Crippen molar-refractivity contribution in [2.75, 3.05) is 0 Å². The van der Waals surface area contributed by atoms with Crippen LogP contribution in [-0.4, -0.2) is 16.4 Å². The Bertz CT molecular complexity index is 437. The van der Waals surface area contributed by atoms with Crippen LogP contribution in [0, 0.1) is 5.92 Å². The molecule has 0 unspecified atom stereocenters. The molecule has 0 aromatic carbocycles. The zero-order chi connectivity index (χ0) is 11.7. The molecule has 1 fully saturated rings. The number of nitrogens with one attached hydrogen (secondary N) is 2. The molecule has 1 aliphatic rings. The van der Waals surface area contributed by atoms with Gasteiger partial charge in [-0.05, 0) is 34.8 Å². The number of carbonyl (C=O) groups excluding carboxylic acids is 2. The SMILES string of the molecule is Cn1cc(Br)cc1C(=O)NNC(=O)C1CC1. The van der Waals surface area contributed by atoms with Gasteiger partial charge in [0, 0.05) is 23.6 Å². The summed E-state index contributed by atoms with van der Waals surface area (Å²) >= 11 is 3.28. The second kappa shape index (κ2) is 4.29. The van der Waals surface area contributed by atoms with E-state index in [1.165, 1.54) is 0 Å². The van der Waals surface area contributed by atoms with Crippen molar-refractivity contribution in [1.29, 1.82) is 0 Å². The van der Waals surface area contributed by atoms with E-state index in [1.807, 2.05) is 0 Å². The van der Waals surface area contributed by atoms with E-state index in [9.17, 15) is 9.59 Å². The largest absolute Gasteiger partial charge is 0.345 e. The number of aryl methyl sites for hydroxylation is 1. The summed E-state index contributed by atoms with van der Waals surface area (Å²) in [5, 5.41) is 0. The van der Waals surface area contributed by atoms with Crippen LogP contribution in [-0.2, 0) is 11.8 Å². The first-order valence-electron chi connectivity index (χ1n) is 5.00. The average molecular weight is 286 g/mol. The lowest BCUT2D eigenvalue weighted by Gasteiger charge is -2.06. The Kier molecular flexibility index (Phi) is 3.00. The molecule has 0 saturated heterocycles. The van der Waals surface area contributed by atoms with Gasteiger partial charge >= 0.3 is 0 Å². The summed E-state index contributed by atoms with van der Waals surface area (Å²) in [5.41, 5.74) is 5.30. The predicted octanol–water partition coefficient (Wildman–Crippen LogP) is 0.959. The molecule has 2 amide bonds. The fourth-order valence-electron chi connectivity index (χ4n) is 1.38. The Morgan fingerprint density at radius 2 is 2.12 bits per heavy atom. The fourth-order valence-corrected chi connectivity index (χ4v) is 1.90. The standard InChI is InChI=1S/C10H12BrN3O2/c1-14-5-7(11)4-8(14)10(16)13-12-9(15)6-2-3-6/h4-6H,2-3H2,1H3,(H,12,15)(H,13,16). The first kappa shape index (κ1) is 11.2. The molecule has 0 aliphatic heterocycles. The highest BCUT2D eigenvalue weighted by atomic mass is 79.9. The number of hydrogen-bond acceptors (Lipinski definition) is 2. The lowest BCUT2D eigenvalue weighted by molar-refractivity contribution is -0.123. The third-order valence-electron chi connectivity index (χ3n) is 2.45. The van der Waals surface area contributed by atoms with E-state index in [0.29, 0.717) is 5.69 Å². The number of carbonyl (C=O) groups is 2. The van der Waals surface area contributed by atoms with E-state index in [1.54, 1.807) is 23.9 Å². The molecule has 0 radical (unpaired) electrons. The molecule has 2 rings (SSSR count). The maximum atomic E-state index is 11.7. The van der Waals surface area contributed by atoms with Gasteiger partial charge in [-0.25, -0.2) is 0 Å².